The summed E-state index contributed by atoms with van der Waals surface area (Å²) in [5, 5.41) is 17.2. The summed E-state index contributed by atoms with van der Waals surface area (Å²) in [4.78, 5) is 8.36. The Bertz CT molecular complexity index is 162. The zero-order chi connectivity index (χ0) is 14.8. The van der Waals surface area contributed by atoms with Gasteiger partial charge in [0.1, 0.15) is 0 Å². The van der Waals surface area contributed by atoms with E-state index < -0.39 is 5.09 Å². The van der Waals surface area contributed by atoms with Gasteiger partial charge in [-0.15, -0.1) is 10.1 Å². The quantitative estimate of drug-likeness (QED) is 0.319. The molecule has 0 saturated carbocycles. The Morgan fingerprint density at radius 3 is 1.47 bits per heavy atom. The molecule has 0 radical (unpaired) electrons. The molecule has 116 valence electrons. The van der Waals surface area contributed by atoms with Crippen LogP contribution in [-0.2, 0) is 0 Å². The largest absolute Gasteiger partial charge is 0.328 e. The first kappa shape index (κ1) is 20.5. The van der Waals surface area contributed by atoms with Crippen LogP contribution in [-0.4, -0.2) is 23.4 Å². The molecule has 0 spiro atoms. The van der Waals surface area contributed by atoms with E-state index in [0.29, 0.717) is 0 Å². The zero-order valence-electron chi connectivity index (χ0n) is 12.7. The van der Waals surface area contributed by atoms with Gasteiger partial charge in [-0.05, 0) is 25.9 Å². The first-order valence-corrected chi connectivity index (χ1v) is 7.69. The first-order valence-electron chi connectivity index (χ1n) is 7.69. The van der Waals surface area contributed by atoms with E-state index in [0.717, 1.165) is 0 Å². The molecule has 0 rings (SSSR count). The SMILES string of the molecule is CCCCCCCNCCCCCCC.O=[N+]([O-])O. The van der Waals surface area contributed by atoms with Gasteiger partial charge in [0.2, 0.25) is 0 Å². The second-order valence-electron chi connectivity index (χ2n) is 4.82. The van der Waals surface area contributed by atoms with Crippen molar-refractivity contribution in [1.82, 2.24) is 5.32 Å². The van der Waals surface area contributed by atoms with Gasteiger partial charge in [-0.3, -0.25) is 0 Å². The van der Waals surface area contributed by atoms with Crippen LogP contribution in [0.4, 0.5) is 0 Å². The second-order valence-corrected chi connectivity index (χ2v) is 4.82. The van der Waals surface area contributed by atoms with Gasteiger partial charge >= 0.3 is 0 Å². The molecule has 2 N–H and O–H groups in total. The third-order valence-electron chi connectivity index (χ3n) is 2.91. The van der Waals surface area contributed by atoms with Gasteiger partial charge in [0, 0.05) is 0 Å². The highest BCUT2D eigenvalue weighted by molar-refractivity contribution is 4.50. The molecule has 19 heavy (non-hydrogen) atoms. The van der Waals surface area contributed by atoms with E-state index in [4.69, 9.17) is 15.3 Å². The van der Waals surface area contributed by atoms with Gasteiger partial charge in [0.25, 0.3) is 5.09 Å². The smallest absolute Gasteiger partial charge is 0.291 e. The fraction of sp³-hybridized carbons (Fsp3) is 1.00. The maximum atomic E-state index is 8.36. The van der Waals surface area contributed by atoms with Crippen LogP contribution in [0.15, 0.2) is 0 Å². The Morgan fingerprint density at radius 1 is 0.842 bits per heavy atom. The number of nitrogens with zero attached hydrogens (tertiary/aromatic N) is 1. The molecule has 0 unspecified atom stereocenters. The molecule has 5 nitrogen and oxygen atoms in total. The van der Waals surface area contributed by atoms with Crippen molar-refractivity contribution >= 4 is 0 Å². The van der Waals surface area contributed by atoms with Gasteiger partial charge in [-0.2, -0.15) is 0 Å². The Kier molecular flexibility index (Phi) is 21.0. The third kappa shape index (κ3) is 31.7. The summed E-state index contributed by atoms with van der Waals surface area (Å²) in [6.07, 6.45) is 13.9. The van der Waals surface area contributed by atoms with Crippen molar-refractivity contribution < 1.29 is 10.3 Å². The van der Waals surface area contributed by atoms with Gasteiger partial charge in [0.15, 0.2) is 0 Å². The van der Waals surface area contributed by atoms with Gasteiger partial charge in [0.05, 0.1) is 0 Å². The molecule has 0 saturated heterocycles. The topological polar surface area (TPSA) is 75.4 Å². The molecule has 0 bridgehead atoms. The number of hydrogen-bond donors (Lipinski definition) is 2. The van der Waals surface area contributed by atoms with Crippen molar-refractivity contribution in [3.63, 3.8) is 0 Å². The average molecular weight is 276 g/mol. The van der Waals surface area contributed by atoms with Gasteiger partial charge in [-0.25, -0.2) is 0 Å². The molecule has 0 aromatic carbocycles. The molecule has 0 aliphatic rings. The number of unbranched alkanes of at least 4 members (excludes halogenated alkanes) is 8. The predicted molar refractivity (Wildman–Crippen MR) is 79.2 cm³/mol. The summed E-state index contributed by atoms with van der Waals surface area (Å²) in [6, 6.07) is 0. The van der Waals surface area contributed by atoms with Crippen LogP contribution < -0.4 is 5.32 Å². The van der Waals surface area contributed by atoms with E-state index in [1.165, 1.54) is 77.3 Å². The molecule has 0 aromatic heterocycles. The second kappa shape index (κ2) is 19.5. The standard InChI is InChI=1S/C14H31N.HNO3/c1-3-5-7-9-11-13-15-14-12-10-8-6-4-2;2-1(3)4/h15H,3-14H2,1-2H3;(H,2,3,4). The lowest BCUT2D eigenvalue weighted by Gasteiger charge is -2.04. The molecule has 0 aliphatic carbocycles. The normalized spacial score (nSPS) is 9.79. The summed E-state index contributed by atoms with van der Waals surface area (Å²) in [7, 11) is 0. The highest BCUT2D eigenvalue weighted by Crippen LogP contribution is 2.02. The highest BCUT2D eigenvalue weighted by atomic mass is 16.9. The Balaban J connectivity index is 0. The molecular weight excluding hydrogens is 244 g/mol. The molecule has 0 aliphatic heterocycles. The summed E-state index contributed by atoms with van der Waals surface area (Å²) in [5.41, 5.74) is 0. The highest BCUT2D eigenvalue weighted by Gasteiger charge is 1.90. The van der Waals surface area contributed by atoms with E-state index >= 15 is 0 Å². The number of rotatable bonds is 12. The molecule has 5 heteroatoms. The average Bonchev–Trinajstić information content (AvgIpc) is 2.35. The van der Waals surface area contributed by atoms with E-state index in [-0.39, 0.29) is 0 Å². The maximum absolute atomic E-state index is 8.36. The van der Waals surface area contributed by atoms with E-state index in [9.17, 15) is 0 Å². The van der Waals surface area contributed by atoms with Crippen molar-refractivity contribution in [2.45, 2.75) is 78.1 Å². The van der Waals surface area contributed by atoms with Crippen LogP contribution in [0.5, 0.6) is 0 Å². The van der Waals surface area contributed by atoms with Crippen LogP contribution in [0.2, 0.25) is 0 Å². The lowest BCUT2D eigenvalue weighted by atomic mass is 10.1. The summed E-state index contributed by atoms with van der Waals surface area (Å²) >= 11 is 0. The van der Waals surface area contributed by atoms with Crippen molar-refractivity contribution in [1.29, 1.82) is 0 Å². The fourth-order valence-electron chi connectivity index (χ4n) is 1.83. The minimum Gasteiger partial charge on any atom is -0.328 e. The minimum atomic E-state index is -1.50. The van der Waals surface area contributed by atoms with E-state index in [1.54, 1.807) is 0 Å². The minimum absolute atomic E-state index is 1.23. The van der Waals surface area contributed by atoms with Crippen LogP contribution in [0.3, 0.4) is 0 Å². The van der Waals surface area contributed by atoms with E-state index in [2.05, 4.69) is 19.2 Å². The van der Waals surface area contributed by atoms with Gasteiger partial charge < -0.3 is 10.5 Å². The maximum Gasteiger partial charge on any atom is 0.291 e. The van der Waals surface area contributed by atoms with E-state index in [1.807, 2.05) is 0 Å². The van der Waals surface area contributed by atoms with Crippen LogP contribution >= 0.6 is 0 Å². The van der Waals surface area contributed by atoms with Crippen molar-refractivity contribution in [3.8, 4) is 0 Å². The Hall–Kier alpha value is -0.840. The fourth-order valence-corrected chi connectivity index (χ4v) is 1.83. The summed E-state index contributed by atoms with van der Waals surface area (Å²) in [5.74, 6) is 0. The molecule has 0 aromatic rings. The van der Waals surface area contributed by atoms with Crippen molar-refractivity contribution in [2.24, 2.45) is 0 Å². The lowest BCUT2D eigenvalue weighted by Crippen LogP contribution is -2.16. The van der Waals surface area contributed by atoms with Gasteiger partial charge in [-0.1, -0.05) is 65.2 Å². The third-order valence-corrected chi connectivity index (χ3v) is 2.91. The van der Waals surface area contributed by atoms with Crippen LogP contribution in [0.1, 0.15) is 78.1 Å². The zero-order valence-corrected chi connectivity index (χ0v) is 12.7. The Morgan fingerprint density at radius 2 is 1.16 bits per heavy atom. The lowest BCUT2D eigenvalue weighted by molar-refractivity contribution is -0.742. The first-order chi connectivity index (χ1) is 9.15. The molecule has 0 heterocycles. The molecular formula is C14H32N2O3. The monoisotopic (exact) mass is 276 g/mol. The van der Waals surface area contributed by atoms with Crippen molar-refractivity contribution in [3.05, 3.63) is 10.1 Å². The summed E-state index contributed by atoms with van der Waals surface area (Å²) < 4.78 is 0. The molecule has 0 amide bonds. The van der Waals surface area contributed by atoms with Crippen molar-refractivity contribution in [2.75, 3.05) is 13.1 Å². The molecule has 0 atom stereocenters. The molecule has 0 fully saturated rings. The number of nitrogens with one attached hydrogen (secondary N) is 1. The van der Waals surface area contributed by atoms with Crippen LogP contribution in [0.25, 0.3) is 0 Å². The number of hydrogen-bond acceptors (Lipinski definition) is 3. The summed E-state index contributed by atoms with van der Waals surface area (Å²) in [6.45, 7) is 7.01. The van der Waals surface area contributed by atoms with Crippen LogP contribution in [0, 0.1) is 10.1 Å². The predicted octanol–water partition coefficient (Wildman–Crippen LogP) is 4.17. The Labute approximate surface area is 117 Å².